The molecule has 0 aromatic heterocycles. The number of hydrogen-bond donors (Lipinski definition) is 0. The Bertz CT molecular complexity index is 559. The van der Waals surface area contributed by atoms with E-state index < -0.39 is 0 Å². The van der Waals surface area contributed by atoms with Gasteiger partial charge in [-0.1, -0.05) is 0 Å². The second-order valence-corrected chi connectivity index (χ2v) is 7.74. The van der Waals surface area contributed by atoms with Gasteiger partial charge in [-0.2, -0.15) is 0 Å². The summed E-state index contributed by atoms with van der Waals surface area (Å²) in [7, 11) is 0. The van der Waals surface area contributed by atoms with Crippen LogP contribution in [0.5, 0.6) is 0 Å². The maximum absolute atomic E-state index is 12.1. The predicted octanol–water partition coefficient (Wildman–Crippen LogP) is 2.65. The molecule has 2 aliphatic carbocycles. The first-order chi connectivity index (χ1) is 9.18. The zero-order chi connectivity index (χ0) is 13.4. The first-order valence-corrected chi connectivity index (χ1v) is 8.40. The molecule has 2 atom stereocenters. The Hall–Kier alpha value is -1.18. The van der Waals surface area contributed by atoms with E-state index in [9.17, 15) is 9.59 Å². The topological polar surface area (TPSA) is 34.1 Å². The molecular formula is C16H16O2Se. The third kappa shape index (κ3) is 2.22. The molecule has 0 bridgehead atoms. The number of allylic oxidation sites excluding steroid dienone is 2. The van der Waals surface area contributed by atoms with Gasteiger partial charge in [0.15, 0.2) is 0 Å². The third-order valence-corrected chi connectivity index (χ3v) is 6.00. The minimum absolute atomic E-state index is 0.0628. The molecule has 19 heavy (non-hydrogen) atoms. The molecular weight excluding hydrogens is 303 g/mol. The number of ketones is 1. The molecule has 1 saturated carbocycles. The molecule has 0 spiro atoms. The van der Waals surface area contributed by atoms with Gasteiger partial charge in [-0.25, -0.2) is 0 Å². The third-order valence-electron chi connectivity index (χ3n) is 3.94. The van der Waals surface area contributed by atoms with Crippen LogP contribution in [-0.4, -0.2) is 25.4 Å². The van der Waals surface area contributed by atoms with Crippen LogP contribution in [0, 0.1) is 11.8 Å². The van der Waals surface area contributed by atoms with Gasteiger partial charge < -0.3 is 0 Å². The first kappa shape index (κ1) is 12.8. The number of fused-ring (bicyclic) bond motifs is 1. The summed E-state index contributed by atoms with van der Waals surface area (Å²) in [6.07, 6.45) is 2.79. The van der Waals surface area contributed by atoms with E-state index in [0.29, 0.717) is 18.1 Å². The van der Waals surface area contributed by atoms with E-state index in [1.165, 1.54) is 11.1 Å². The summed E-state index contributed by atoms with van der Waals surface area (Å²) in [5, 5.41) is 0. The van der Waals surface area contributed by atoms with Gasteiger partial charge in [0.05, 0.1) is 0 Å². The summed E-state index contributed by atoms with van der Waals surface area (Å²) >= 11 is -0.167. The molecule has 2 unspecified atom stereocenters. The summed E-state index contributed by atoms with van der Waals surface area (Å²) in [6.45, 7) is 1.64. The number of hydrogen-bond acceptors (Lipinski definition) is 2. The van der Waals surface area contributed by atoms with Gasteiger partial charge in [-0.05, 0) is 0 Å². The average Bonchev–Trinajstić information content (AvgIpc) is 2.37. The fraction of sp³-hybridized carbons (Fsp3) is 0.375. The van der Waals surface area contributed by atoms with Gasteiger partial charge in [0, 0.05) is 0 Å². The van der Waals surface area contributed by atoms with E-state index in [1.807, 2.05) is 18.2 Å². The number of rotatable bonds is 3. The Morgan fingerprint density at radius 3 is 2.68 bits per heavy atom. The van der Waals surface area contributed by atoms with Crippen LogP contribution in [0.4, 0.5) is 0 Å². The first-order valence-electron chi connectivity index (χ1n) is 6.69. The summed E-state index contributed by atoms with van der Waals surface area (Å²) < 4.78 is 1.37. The van der Waals surface area contributed by atoms with E-state index in [0.717, 1.165) is 17.3 Å². The Labute approximate surface area is 119 Å². The quantitative estimate of drug-likeness (QED) is 0.803. The van der Waals surface area contributed by atoms with Crippen molar-refractivity contribution in [1.82, 2.24) is 0 Å². The number of Topliss-reactive ketones (excluding diaryl/α,β-unsaturated/α-hetero) is 1. The molecule has 1 fully saturated rings. The van der Waals surface area contributed by atoms with Crippen molar-refractivity contribution >= 4 is 31.0 Å². The number of carbonyl (C=O) groups excluding carboxylic acids is 2. The van der Waals surface area contributed by atoms with Crippen LogP contribution in [0.15, 0.2) is 34.8 Å². The molecule has 3 rings (SSSR count). The van der Waals surface area contributed by atoms with Crippen LogP contribution in [0.25, 0.3) is 5.57 Å². The SMILES string of the molecule is CC(=O)[Se]C1=C(c2ccccc2)C2CCCC(=O)C12. The molecule has 3 heteroatoms. The van der Waals surface area contributed by atoms with E-state index in [1.54, 1.807) is 6.92 Å². The Balaban J connectivity index is 2.03. The van der Waals surface area contributed by atoms with Crippen molar-refractivity contribution in [3.05, 3.63) is 40.4 Å². The average molecular weight is 319 g/mol. The van der Waals surface area contributed by atoms with Crippen molar-refractivity contribution in [3.63, 3.8) is 0 Å². The molecule has 0 radical (unpaired) electrons. The fourth-order valence-corrected chi connectivity index (χ4v) is 5.52. The van der Waals surface area contributed by atoms with Crippen molar-refractivity contribution < 1.29 is 9.59 Å². The zero-order valence-electron chi connectivity index (χ0n) is 10.9. The number of benzene rings is 1. The Kier molecular flexibility index (Phi) is 3.42. The second kappa shape index (κ2) is 5.07. The van der Waals surface area contributed by atoms with E-state index >= 15 is 0 Å². The maximum atomic E-state index is 12.1. The summed E-state index contributed by atoms with van der Waals surface area (Å²) in [6, 6.07) is 10.3. The van der Waals surface area contributed by atoms with Gasteiger partial charge in [0.1, 0.15) is 0 Å². The van der Waals surface area contributed by atoms with E-state index in [4.69, 9.17) is 0 Å². The number of carbonyl (C=O) groups is 2. The van der Waals surface area contributed by atoms with Crippen molar-refractivity contribution in [2.45, 2.75) is 26.2 Å². The second-order valence-electron chi connectivity index (χ2n) is 5.18. The van der Waals surface area contributed by atoms with Crippen LogP contribution in [0.1, 0.15) is 31.7 Å². The molecule has 98 valence electrons. The Morgan fingerprint density at radius 2 is 2.00 bits per heavy atom. The molecule has 0 N–H and O–H groups in total. The molecule has 2 aliphatic rings. The van der Waals surface area contributed by atoms with Crippen LogP contribution in [-0.2, 0) is 9.59 Å². The van der Waals surface area contributed by atoms with Crippen LogP contribution in [0.3, 0.4) is 0 Å². The zero-order valence-corrected chi connectivity index (χ0v) is 12.6. The minimum atomic E-state index is -0.167. The van der Waals surface area contributed by atoms with Crippen molar-refractivity contribution in [1.29, 1.82) is 0 Å². The standard InChI is InChI=1S/C16H16O2Se/c1-10(17)19-16-14(11-6-3-2-4-7-11)12-8-5-9-13(18)15(12)16/h2-4,6-7,12,15H,5,8-9H2,1H3. The van der Waals surface area contributed by atoms with Gasteiger partial charge in [0.25, 0.3) is 0 Å². The fourth-order valence-electron chi connectivity index (χ4n) is 3.18. The predicted molar refractivity (Wildman–Crippen MR) is 75.6 cm³/mol. The van der Waals surface area contributed by atoms with Gasteiger partial charge in [-0.15, -0.1) is 0 Å². The molecule has 2 nitrogen and oxygen atoms in total. The van der Waals surface area contributed by atoms with E-state index in [-0.39, 0.29) is 25.6 Å². The van der Waals surface area contributed by atoms with Gasteiger partial charge in [0.2, 0.25) is 0 Å². The van der Waals surface area contributed by atoms with Crippen LogP contribution < -0.4 is 0 Å². The van der Waals surface area contributed by atoms with Crippen LogP contribution >= 0.6 is 0 Å². The normalized spacial score (nSPS) is 25.8. The summed E-state index contributed by atoms with van der Waals surface area (Å²) in [5.41, 5.74) is 2.51. The van der Waals surface area contributed by atoms with Crippen molar-refractivity contribution in [2.75, 3.05) is 0 Å². The summed E-state index contributed by atoms with van der Waals surface area (Å²) in [5.74, 6) is 0.793. The molecule has 0 amide bonds. The van der Waals surface area contributed by atoms with Crippen molar-refractivity contribution in [3.8, 4) is 0 Å². The molecule has 0 saturated heterocycles. The summed E-state index contributed by atoms with van der Waals surface area (Å²) in [4.78, 5) is 23.6. The molecule has 0 heterocycles. The molecule has 1 aromatic carbocycles. The van der Waals surface area contributed by atoms with Gasteiger partial charge >= 0.3 is 119 Å². The van der Waals surface area contributed by atoms with Crippen LogP contribution in [0.2, 0.25) is 0 Å². The monoisotopic (exact) mass is 320 g/mol. The molecule has 0 aliphatic heterocycles. The molecule has 1 aromatic rings. The van der Waals surface area contributed by atoms with Gasteiger partial charge in [-0.3, -0.25) is 0 Å². The van der Waals surface area contributed by atoms with E-state index in [2.05, 4.69) is 12.1 Å². The van der Waals surface area contributed by atoms with Crippen molar-refractivity contribution in [2.24, 2.45) is 11.8 Å². The Morgan fingerprint density at radius 1 is 1.26 bits per heavy atom.